The number of nitrogens with one attached hydrogen (secondary N) is 1. The van der Waals surface area contributed by atoms with Gasteiger partial charge in [0, 0.05) is 31.8 Å². The van der Waals surface area contributed by atoms with Crippen LogP contribution in [0.4, 0.5) is 0 Å². The monoisotopic (exact) mass is 451 g/mol. The molecule has 2 heterocycles. The van der Waals surface area contributed by atoms with E-state index in [1.807, 2.05) is 43.0 Å². The molecule has 0 aliphatic carbocycles. The van der Waals surface area contributed by atoms with E-state index in [9.17, 15) is 4.79 Å². The van der Waals surface area contributed by atoms with Crippen molar-refractivity contribution < 1.29 is 9.53 Å². The Labute approximate surface area is 181 Å². The zero-order chi connectivity index (χ0) is 18.0. The highest BCUT2D eigenvalue weighted by molar-refractivity contribution is 7.13. The highest BCUT2D eigenvalue weighted by Crippen LogP contribution is 2.30. The Bertz CT molecular complexity index is 772. The number of nitrogens with zero attached hydrogens (tertiary/aromatic N) is 2. The zero-order valence-corrected chi connectivity index (χ0v) is 18.6. The van der Waals surface area contributed by atoms with Gasteiger partial charge in [0.25, 0.3) is 5.91 Å². The van der Waals surface area contributed by atoms with E-state index in [4.69, 9.17) is 16.3 Å². The third-order valence-corrected chi connectivity index (χ3v) is 5.99. The maximum absolute atomic E-state index is 13.2. The first kappa shape index (κ1) is 24.1. The molecule has 1 saturated heterocycles. The molecule has 2 unspecified atom stereocenters. The quantitative estimate of drug-likeness (QED) is 0.745. The number of benzene rings is 1. The number of hydrogen-bond donors (Lipinski definition) is 1. The number of thiazole rings is 1. The molecule has 1 N–H and O–H groups in total. The first-order valence-corrected chi connectivity index (χ1v) is 9.48. The molecule has 5 nitrogen and oxygen atoms in total. The highest BCUT2D eigenvalue weighted by Gasteiger charge is 2.31. The molecule has 1 aromatic heterocycles. The van der Waals surface area contributed by atoms with Crippen LogP contribution >= 0.6 is 47.8 Å². The van der Waals surface area contributed by atoms with Gasteiger partial charge < -0.3 is 15.0 Å². The summed E-state index contributed by atoms with van der Waals surface area (Å²) in [5.41, 5.74) is 1.80. The van der Waals surface area contributed by atoms with Crippen molar-refractivity contribution in [1.82, 2.24) is 15.2 Å². The first-order chi connectivity index (χ1) is 12.0. The lowest BCUT2D eigenvalue weighted by atomic mass is 10.0. The number of ether oxygens (including phenoxy) is 1. The number of rotatable bonds is 4. The van der Waals surface area contributed by atoms with Gasteiger partial charge in [0.1, 0.15) is 16.0 Å². The molecule has 2 atom stereocenters. The Morgan fingerprint density at radius 1 is 1.44 bits per heavy atom. The van der Waals surface area contributed by atoms with Gasteiger partial charge in [0.2, 0.25) is 0 Å². The second-order valence-corrected chi connectivity index (χ2v) is 7.59. The Kier molecular flexibility index (Phi) is 9.48. The lowest BCUT2D eigenvalue weighted by Gasteiger charge is -2.36. The molecule has 0 saturated carbocycles. The molecule has 0 radical (unpaired) electrons. The number of aryl methyl sites for hydroxylation is 1. The third-order valence-electron chi connectivity index (χ3n) is 4.45. The second-order valence-electron chi connectivity index (χ2n) is 6.12. The normalized spacial score (nSPS) is 17.6. The van der Waals surface area contributed by atoms with Gasteiger partial charge in [-0.2, -0.15) is 0 Å². The van der Waals surface area contributed by atoms with Crippen LogP contribution in [0.25, 0.3) is 0 Å². The topological polar surface area (TPSA) is 54.5 Å². The first-order valence-electron chi connectivity index (χ1n) is 8.28. The molecule has 9 heteroatoms. The lowest BCUT2D eigenvalue weighted by Crippen LogP contribution is -2.48. The lowest BCUT2D eigenvalue weighted by molar-refractivity contribution is 0.0638. The largest absolute Gasteiger partial charge is 0.375 e. The number of aromatic nitrogens is 1. The van der Waals surface area contributed by atoms with Crippen LogP contribution in [0.3, 0.4) is 0 Å². The van der Waals surface area contributed by atoms with Crippen LogP contribution in [0.1, 0.15) is 45.0 Å². The molecule has 3 rings (SSSR count). The minimum atomic E-state index is -0.114. The number of methoxy groups -OCH3 is 1. The van der Waals surface area contributed by atoms with E-state index in [1.54, 1.807) is 7.11 Å². The van der Waals surface area contributed by atoms with E-state index in [0.717, 1.165) is 22.8 Å². The smallest absolute Gasteiger partial charge is 0.266 e. The third kappa shape index (κ3) is 5.34. The van der Waals surface area contributed by atoms with Crippen molar-refractivity contribution in [2.75, 3.05) is 26.7 Å². The Morgan fingerprint density at radius 3 is 2.85 bits per heavy atom. The predicted octanol–water partition coefficient (Wildman–Crippen LogP) is 4.44. The van der Waals surface area contributed by atoms with Gasteiger partial charge in [-0.05, 0) is 31.5 Å². The van der Waals surface area contributed by atoms with Gasteiger partial charge in [-0.3, -0.25) is 4.79 Å². The molecule has 1 aliphatic heterocycles. The van der Waals surface area contributed by atoms with Crippen LogP contribution in [0.15, 0.2) is 24.3 Å². The molecule has 1 aromatic carbocycles. The molecular formula is C18H24Cl3N3O2S. The summed E-state index contributed by atoms with van der Waals surface area (Å²) in [6.07, 6.45) is -0.114. The standard InChI is InChI=1S/C18H22ClN3O2S.2ClH/c1-11-16(25-17(21-11)12(2)24-3)18(23)22-8-7-20-10-15(22)13-5-4-6-14(19)9-13;;/h4-6,9,12,15,20H,7-8,10H2,1-3H3;2*1H. The molecule has 1 aliphatic rings. The number of amides is 1. The highest BCUT2D eigenvalue weighted by atomic mass is 35.5. The summed E-state index contributed by atoms with van der Waals surface area (Å²) in [7, 11) is 1.65. The van der Waals surface area contributed by atoms with Gasteiger partial charge in [-0.1, -0.05) is 23.7 Å². The molecule has 150 valence electrons. The molecule has 1 amide bonds. The van der Waals surface area contributed by atoms with Gasteiger partial charge in [-0.15, -0.1) is 36.2 Å². The average Bonchev–Trinajstić information content (AvgIpc) is 3.02. The van der Waals surface area contributed by atoms with E-state index in [2.05, 4.69) is 10.3 Å². The van der Waals surface area contributed by atoms with Crippen molar-refractivity contribution in [3.8, 4) is 0 Å². The summed E-state index contributed by atoms with van der Waals surface area (Å²) in [6, 6.07) is 7.67. The van der Waals surface area contributed by atoms with E-state index < -0.39 is 0 Å². The van der Waals surface area contributed by atoms with Crippen LogP contribution in [-0.2, 0) is 4.74 Å². The number of carbonyl (C=O) groups is 1. The van der Waals surface area contributed by atoms with Crippen LogP contribution < -0.4 is 5.32 Å². The van der Waals surface area contributed by atoms with Crippen LogP contribution in [0.5, 0.6) is 0 Å². The van der Waals surface area contributed by atoms with E-state index >= 15 is 0 Å². The van der Waals surface area contributed by atoms with Crippen LogP contribution in [0, 0.1) is 6.92 Å². The molecular weight excluding hydrogens is 429 g/mol. The molecule has 0 bridgehead atoms. The fourth-order valence-electron chi connectivity index (χ4n) is 2.98. The van der Waals surface area contributed by atoms with E-state index in [0.29, 0.717) is 23.0 Å². The SMILES string of the molecule is COC(C)c1nc(C)c(C(=O)N2CCNCC2c2cccc(Cl)c2)s1.Cl.Cl. The van der Waals surface area contributed by atoms with Crippen LogP contribution in [-0.4, -0.2) is 42.5 Å². The van der Waals surface area contributed by atoms with Crippen molar-refractivity contribution >= 4 is 53.7 Å². The van der Waals surface area contributed by atoms with Gasteiger partial charge in [0.05, 0.1) is 11.7 Å². The number of piperazine rings is 1. The molecule has 1 fully saturated rings. The van der Waals surface area contributed by atoms with Crippen LogP contribution in [0.2, 0.25) is 5.02 Å². The summed E-state index contributed by atoms with van der Waals surface area (Å²) in [5.74, 6) is 0.0241. The summed E-state index contributed by atoms with van der Waals surface area (Å²) in [6.45, 7) is 5.97. The van der Waals surface area contributed by atoms with Crippen molar-refractivity contribution in [2.24, 2.45) is 0 Å². The van der Waals surface area contributed by atoms with Gasteiger partial charge in [-0.25, -0.2) is 4.98 Å². The maximum Gasteiger partial charge on any atom is 0.266 e. The van der Waals surface area contributed by atoms with Crippen molar-refractivity contribution in [2.45, 2.75) is 26.0 Å². The predicted molar refractivity (Wildman–Crippen MR) is 115 cm³/mol. The van der Waals surface area contributed by atoms with E-state index in [1.165, 1.54) is 11.3 Å². The Balaban J connectivity index is 0.00000182. The maximum atomic E-state index is 13.2. The Morgan fingerprint density at radius 2 is 2.19 bits per heavy atom. The minimum absolute atomic E-state index is 0. The second kappa shape index (κ2) is 10.6. The fourth-order valence-corrected chi connectivity index (χ4v) is 4.23. The zero-order valence-electron chi connectivity index (χ0n) is 15.4. The summed E-state index contributed by atoms with van der Waals surface area (Å²) < 4.78 is 5.33. The number of hydrogen-bond acceptors (Lipinski definition) is 5. The number of carbonyl (C=O) groups excluding carboxylic acids is 1. The molecule has 0 spiro atoms. The molecule has 2 aromatic rings. The van der Waals surface area contributed by atoms with Crippen molar-refractivity contribution in [1.29, 1.82) is 0 Å². The van der Waals surface area contributed by atoms with Crippen molar-refractivity contribution in [3.05, 3.63) is 50.4 Å². The molecule has 27 heavy (non-hydrogen) atoms. The van der Waals surface area contributed by atoms with Gasteiger partial charge >= 0.3 is 0 Å². The summed E-state index contributed by atoms with van der Waals surface area (Å²) in [5, 5.41) is 4.88. The number of halogens is 3. The fraction of sp³-hybridized carbons (Fsp3) is 0.444. The summed E-state index contributed by atoms with van der Waals surface area (Å²) >= 11 is 7.56. The minimum Gasteiger partial charge on any atom is -0.375 e. The average molecular weight is 453 g/mol. The van der Waals surface area contributed by atoms with Crippen molar-refractivity contribution in [3.63, 3.8) is 0 Å². The van der Waals surface area contributed by atoms with E-state index in [-0.39, 0.29) is 42.9 Å². The van der Waals surface area contributed by atoms with Gasteiger partial charge in [0.15, 0.2) is 0 Å². The summed E-state index contributed by atoms with van der Waals surface area (Å²) in [4.78, 5) is 20.3. The Hall–Kier alpha value is -0.890.